The lowest BCUT2D eigenvalue weighted by Crippen LogP contribution is -2.23. The molecule has 0 aliphatic rings. The van der Waals surface area contributed by atoms with E-state index in [0.717, 1.165) is 32.7 Å². The Morgan fingerprint density at radius 2 is 1.38 bits per heavy atom. The van der Waals surface area contributed by atoms with Gasteiger partial charge < -0.3 is 16.0 Å². The molecule has 3 N–H and O–H groups in total. The smallest absolute Gasteiger partial charge is 0.00368 e. The predicted octanol–water partition coefficient (Wildman–Crippen LogP) is 0.575. The van der Waals surface area contributed by atoms with E-state index in [1.807, 2.05) is 7.05 Å². The van der Waals surface area contributed by atoms with Crippen molar-refractivity contribution < 1.29 is 0 Å². The van der Waals surface area contributed by atoms with Crippen molar-refractivity contribution in [3.8, 4) is 0 Å². The van der Waals surface area contributed by atoms with Crippen LogP contribution < -0.4 is 16.0 Å². The summed E-state index contributed by atoms with van der Waals surface area (Å²) in [7, 11) is 2.00. The van der Waals surface area contributed by atoms with Gasteiger partial charge in [0.2, 0.25) is 0 Å². The summed E-state index contributed by atoms with van der Waals surface area (Å²) >= 11 is 0. The second kappa shape index (κ2) is 11.9. The summed E-state index contributed by atoms with van der Waals surface area (Å²) in [5.41, 5.74) is 0. The van der Waals surface area contributed by atoms with E-state index >= 15 is 0 Å². The van der Waals surface area contributed by atoms with Crippen LogP contribution in [0.4, 0.5) is 0 Å². The van der Waals surface area contributed by atoms with Crippen LogP contribution in [0.2, 0.25) is 0 Å². The topological polar surface area (TPSA) is 36.1 Å². The quantitative estimate of drug-likeness (QED) is 0.438. The first-order valence-corrected chi connectivity index (χ1v) is 5.47. The number of hydrogen-bond donors (Lipinski definition) is 3. The van der Waals surface area contributed by atoms with Crippen molar-refractivity contribution in [2.24, 2.45) is 0 Å². The third kappa shape index (κ3) is 11.9. The Morgan fingerprint density at radius 1 is 0.769 bits per heavy atom. The van der Waals surface area contributed by atoms with Crippen LogP contribution in [0.5, 0.6) is 0 Å². The lowest BCUT2D eigenvalue weighted by atomic mass is 10.3. The first-order valence-electron chi connectivity index (χ1n) is 5.47. The highest BCUT2D eigenvalue weighted by molar-refractivity contribution is 4.51. The van der Waals surface area contributed by atoms with Gasteiger partial charge >= 0.3 is 0 Å². The molecule has 0 amide bonds. The summed E-state index contributed by atoms with van der Waals surface area (Å²) in [4.78, 5) is 0. The first-order chi connectivity index (χ1) is 6.41. The minimum Gasteiger partial charge on any atom is -0.320 e. The fourth-order valence-electron chi connectivity index (χ4n) is 1.19. The number of nitrogens with one attached hydrogen (secondary N) is 3. The highest BCUT2D eigenvalue weighted by Crippen LogP contribution is 1.83. The molecule has 0 saturated carbocycles. The van der Waals surface area contributed by atoms with Crippen LogP contribution in [0.3, 0.4) is 0 Å². The fourth-order valence-corrected chi connectivity index (χ4v) is 1.19. The zero-order chi connectivity index (χ0) is 9.78. The second-order valence-corrected chi connectivity index (χ2v) is 3.27. The van der Waals surface area contributed by atoms with Crippen molar-refractivity contribution >= 4 is 0 Å². The molecule has 0 aliphatic heterocycles. The van der Waals surface area contributed by atoms with Crippen LogP contribution in [0, 0.1) is 0 Å². The maximum absolute atomic E-state index is 3.44. The normalized spacial score (nSPS) is 10.6. The molecule has 0 fully saturated rings. The number of rotatable bonds is 10. The Morgan fingerprint density at radius 3 is 2.08 bits per heavy atom. The van der Waals surface area contributed by atoms with Gasteiger partial charge in [0.15, 0.2) is 0 Å². The van der Waals surface area contributed by atoms with Crippen molar-refractivity contribution in [3.05, 3.63) is 0 Å². The molecule has 0 rings (SSSR count). The van der Waals surface area contributed by atoms with Gasteiger partial charge in [-0.15, -0.1) is 0 Å². The van der Waals surface area contributed by atoms with E-state index in [2.05, 4.69) is 22.9 Å². The molecule has 0 atom stereocenters. The highest BCUT2D eigenvalue weighted by Gasteiger charge is 1.88. The molecule has 0 radical (unpaired) electrons. The summed E-state index contributed by atoms with van der Waals surface area (Å²) in [6.07, 6.45) is 3.79. The van der Waals surface area contributed by atoms with Crippen molar-refractivity contribution in [3.63, 3.8) is 0 Å². The van der Waals surface area contributed by atoms with Crippen LogP contribution >= 0.6 is 0 Å². The van der Waals surface area contributed by atoms with Crippen molar-refractivity contribution in [2.45, 2.75) is 26.2 Å². The Hall–Kier alpha value is -0.120. The van der Waals surface area contributed by atoms with Crippen LogP contribution in [-0.2, 0) is 0 Å². The minimum atomic E-state index is 1.09. The van der Waals surface area contributed by atoms with E-state index in [4.69, 9.17) is 0 Å². The average Bonchev–Trinajstić information content (AvgIpc) is 2.16. The highest BCUT2D eigenvalue weighted by atomic mass is 14.9. The minimum absolute atomic E-state index is 1.09. The molecule has 3 heteroatoms. The molecule has 0 saturated heterocycles. The van der Waals surface area contributed by atoms with E-state index < -0.39 is 0 Å². The average molecular weight is 187 g/mol. The second-order valence-electron chi connectivity index (χ2n) is 3.27. The Balaban J connectivity index is 2.76. The van der Waals surface area contributed by atoms with Gasteiger partial charge in [0.1, 0.15) is 0 Å². The Labute approximate surface area is 82.7 Å². The van der Waals surface area contributed by atoms with E-state index in [1.165, 1.54) is 19.3 Å². The zero-order valence-corrected chi connectivity index (χ0v) is 9.16. The maximum atomic E-state index is 3.44. The van der Waals surface area contributed by atoms with Gasteiger partial charge in [0.25, 0.3) is 0 Å². The lowest BCUT2D eigenvalue weighted by molar-refractivity contribution is 0.574. The van der Waals surface area contributed by atoms with Gasteiger partial charge in [0, 0.05) is 0 Å². The molecular formula is C10H25N3. The Bertz CT molecular complexity index is 76.2. The van der Waals surface area contributed by atoms with E-state index in [9.17, 15) is 0 Å². The van der Waals surface area contributed by atoms with Crippen molar-refractivity contribution in [1.82, 2.24) is 16.0 Å². The monoisotopic (exact) mass is 187 g/mol. The third-order valence-corrected chi connectivity index (χ3v) is 1.99. The molecule has 3 nitrogen and oxygen atoms in total. The molecule has 0 bridgehead atoms. The van der Waals surface area contributed by atoms with Crippen LogP contribution in [-0.4, -0.2) is 39.8 Å². The zero-order valence-electron chi connectivity index (χ0n) is 9.16. The molecule has 0 aromatic heterocycles. The summed E-state index contributed by atoms with van der Waals surface area (Å²) in [6, 6.07) is 0. The third-order valence-electron chi connectivity index (χ3n) is 1.99. The molecule has 0 aliphatic carbocycles. The van der Waals surface area contributed by atoms with Gasteiger partial charge in [-0.2, -0.15) is 0 Å². The summed E-state index contributed by atoms with van der Waals surface area (Å²) in [5.74, 6) is 0. The number of unbranched alkanes of at least 4 members (excludes halogenated alkanes) is 1. The van der Waals surface area contributed by atoms with Crippen molar-refractivity contribution in [2.75, 3.05) is 39.8 Å². The van der Waals surface area contributed by atoms with Crippen LogP contribution in [0.1, 0.15) is 26.2 Å². The van der Waals surface area contributed by atoms with E-state index in [0.29, 0.717) is 0 Å². The molecule has 0 spiro atoms. The largest absolute Gasteiger partial charge is 0.320 e. The van der Waals surface area contributed by atoms with Gasteiger partial charge in [-0.05, 0) is 59.0 Å². The summed E-state index contributed by atoms with van der Waals surface area (Å²) in [6.45, 7) is 7.81. The molecule has 0 unspecified atom stereocenters. The lowest BCUT2D eigenvalue weighted by Gasteiger charge is -2.04. The van der Waals surface area contributed by atoms with Gasteiger partial charge in [-0.25, -0.2) is 0 Å². The predicted molar refractivity (Wildman–Crippen MR) is 59.2 cm³/mol. The van der Waals surface area contributed by atoms with Crippen molar-refractivity contribution in [1.29, 1.82) is 0 Å². The molecular weight excluding hydrogens is 162 g/mol. The van der Waals surface area contributed by atoms with Crippen LogP contribution in [0.25, 0.3) is 0 Å². The molecule has 80 valence electrons. The van der Waals surface area contributed by atoms with Gasteiger partial charge in [-0.3, -0.25) is 0 Å². The molecule has 0 aromatic rings. The molecule has 13 heavy (non-hydrogen) atoms. The maximum Gasteiger partial charge on any atom is -0.00368 e. The SMILES string of the molecule is CCNCCCNCCCCNC. The number of hydrogen-bond acceptors (Lipinski definition) is 3. The van der Waals surface area contributed by atoms with Gasteiger partial charge in [-0.1, -0.05) is 6.92 Å². The molecule has 0 aromatic carbocycles. The fraction of sp³-hybridized carbons (Fsp3) is 1.00. The standard InChI is InChI=1S/C10H25N3/c1-3-12-9-6-10-13-8-5-4-7-11-2/h11-13H,3-10H2,1-2H3. The Kier molecular flexibility index (Phi) is 11.8. The van der Waals surface area contributed by atoms with Gasteiger partial charge in [0.05, 0.1) is 0 Å². The van der Waals surface area contributed by atoms with E-state index in [-0.39, 0.29) is 0 Å². The molecule has 0 heterocycles. The van der Waals surface area contributed by atoms with E-state index in [1.54, 1.807) is 0 Å². The van der Waals surface area contributed by atoms with Crippen LogP contribution in [0.15, 0.2) is 0 Å². The summed E-state index contributed by atoms with van der Waals surface area (Å²) < 4.78 is 0. The summed E-state index contributed by atoms with van der Waals surface area (Å²) in [5, 5.41) is 9.89. The first kappa shape index (κ1) is 12.9.